The van der Waals surface area contributed by atoms with E-state index in [-0.39, 0.29) is 17.1 Å². The number of Topliss-reactive ketones (excluding diaryl/α,β-unsaturated/α-hetero) is 1. The van der Waals surface area contributed by atoms with E-state index in [1.54, 1.807) is 16.7 Å². The van der Waals surface area contributed by atoms with Crippen LogP contribution in [-0.4, -0.2) is 26.1 Å². The second-order valence-corrected chi connectivity index (χ2v) is 8.80. The number of hydrogen-bond donors (Lipinski definition) is 1. The van der Waals surface area contributed by atoms with E-state index in [1.165, 1.54) is 11.8 Å². The molecular weight excluding hydrogens is 418 g/mol. The molecule has 0 bridgehead atoms. The molecule has 32 heavy (non-hydrogen) atoms. The van der Waals surface area contributed by atoms with E-state index in [2.05, 4.69) is 11.1 Å². The predicted molar refractivity (Wildman–Crippen MR) is 130 cm³/mol. The maximum absolute atomic E-state index is 13.7. The lowest BCUT2D eigenvalue weighted by atomic mass is 10.1. The van der Waals surface area contributed by atoms with Gasteiger partial charge in [-0.15, -0.1) is 0 Å². The summed E-state index contributed by atoms with van der Waals surface area (Å²) in [6.45, 7) is 4.00. The lowest BCUT2D eigenvalue weighted by molar-refractivity contribution is 0.102. The largest absolute Gasteiger partial charge is 0.349 e. The Bertz CT molecular complexity index is 1510. The van der Waals surface area contributed by atoms with Gasteiger partial charge in [-0.2, -0.15) is 0 Å². The minimum Gasteiger partial charge on any atom is -0.349 e. The normalized spacial score (nSPS) is 11.3. The van der Waals surface area contributed by atoms with Crippen molar-refractivity contribution in [1.29, 1.82) is 0 Å². The number of thioether (sulfide) groups is 1. The van der Waals surface area contributed by atoms with Crippen LogP contribution in [0.3, 0.4) is 0 Å². The Kier molecular flexibility index (Phi) is 5.15. The Labute approximate surface area is 189 Å². The standard InChI is InChI=1S/C26H21N3O2S/c1-16-12-17(2)14-19(13-16)29-25(31)24-23(20-10-6-7-11-21(20)27-24)28-26(29)32-15-22(30)18-8-4-3-5-9-18/h3-14,27H,15H2,1-2H3. The molecule has 0 saturated carbocycles. The van der Waals surface area contributed by atoms with Crippen molar-refractivity contribution >= 4 is 39.5 Å². The van der Waals surface area contributed by atoms with Gasteiger partial charge in [-0.1, -0.05) is 66.4 Å². The molecule has 2 heterocycles. The van der Waals surface area contributed by atoms with Gasteiger partial charge in [0.05, 0.1) is 11.4 Å². The summed E-state index contributed by atoms with van der Waals surface area (Å²) in [6, 6.07) is 22.9. The average Bonchev–Trinajstić information content (AvgIpc) is 3.16. The SMILES string of the molecule is Cc1cc(C)cc(-n2c(SCC(=O)c3ccccc3)nc3c([nH]c4ccccc43)c2=O)c1. The Morgan fingerprint density at radius 2 is 1.66 bits per heavy atom. The van der Waals surface area contributed by atoms with Crippen molar-refractivity contribution in [2.24, 2.45) is 0 Å². The highest BCUT2D eigenvalue weighted by molar-refractivity contribution is 7.99. The molecule has 5 nitrogen and oxygen atoms in total. The van der Waals surface area contributed by atoms with E-state index in [0.29, 0.717) is 21.8 Å². The van der Waals surface area contributed by atoms with E-state index >= 15 is 0 Å². The van der Waals surface area contributed by atoms with Crippen LogP contribution in [0.15, 0.2) is 82.7 Å². The lowest BCUT2D eigenvalue weighted by Crippen LogP contribution is -2.22. The van der Waals surface area contributed by atoms with Gasteiger partial charge in [-0.3, -0.25) is 14.2 Å². The fraction of sp³-hybridized carbons (Fsp3) is 0.115. The number of H-pyrrole nitrogens is 1. The molecule has 0 saturated heterocycles. The van der Waals surface area contributed by atoms with Crippen LogP contribution in [-0.2, 0) is 0 Å². The summed E-state index contributed by atoms with van der Waals surface area (Å²) in [5.74, 6) is 0.186. The van der Waals surface area contributed by atoms with Crippen LogP contribution in [0.5, 0.6) is 0 Å². The minimum absolute atomic E-state index is 0.00385. The predicted octanol–water partition coefficient (Wildman–Crippen LogP) is 5.46. The van der Waals surface area contributed by atoms with E-state index in [1.807, 2.05) is 68.4 Å². The Morgan fingerprint density at radius 3 is 2.41 bits per heavy atom. The number of rotatable bonds is 5. The van der Waals surface area contributed by atoms with Crippen LogP contribution in [0, 0.1) is 13.8 Å². The Balaban J connectivity index is 1.69. The minimum atomic E-state index is -0.175. The highest BCUT2D eigenvalue weighted by Crippen LogP contribution is 2.27. The van der Waals surface area contributed by atoms with Gasteiger partial charge in [0.1, 0.15) is 11.0 Å². The van der Waals surface area contributed by atoms with E-state index < -0.39 is 0 Å². The number of para-hydroxylation sites is 1. The molecule has 0 unspecified atom stereocenters. The van der Waals surface area contributed by atoms with Gasteiger partial charge in [-0.05, 0) is 43.2 Å². The zero-order valence-corrected chi connectivity index (χ0v) is 18.6. The van der Waals surface area contributed by atoms with Crippen LogP contribution in [0.1, 0.15) is 21.5 Å². The highest BCUT2D eigenvalue weighted by Gasteiger charge is 2.18. The van der Waals surface area contributed by atoms with Crippen molar-refractivity contribution in [3.63, 3.8) is 0 Å². The van der Waals surface area contributed by atoms with E-state index in [4.69, 9.17) is 4.98 Å². The molecule has 3 aromatic carbocycles. The van der Waals surface area contributed by atoms with Crippen LogP contribution < -0.4 is 5.56 Å². The number of fused-ring (bicyclic) bond motifs is 3. The van der Waals surface area contributed by atoms with Gasteiger partial charge < -0.3 is 4.98 Å². The average molecular weight is 440 g/mol. The number of hydrogen-bond acceptors (Lipinski definition) is 4. The topological polar surface area (TPSA) is 67.8 Å². The summed E-state index contributed by atoms with van der Waals surface area (Å²) in [5, 5.41) is 1.39. The van der Waals surface area contributed by atoms with Crippen molar-refractivity contribution in [2.45, 2.75) is 19.0 Å². The number of ketones is 1. The third kappa shape index (κ3) is 3.63. The van der Waals surface area contributed by atoms with Crippen LogP contribution in [0.25, 0.3) is 27.6 Å². The summed E-state index contributed by atoms with van der Waals surface area (Å²) >= 11 is 1.29. The molecule has 2 aromatic heterocycles. The van der Waals surface area contributed by atoms with Crippen molar-refractivity contribution in [2.75, 3.05) is 5.75 Å². The fourth-order valence-electron chi connectivity index (χ4n) is 3.98. The molecule has 5 aromatic rings. The fourth-order valence-corrected chi connectivity index (χ4v) is 4.88. The van der Waals surface area contributed by atoms with Gasteiger partial charge in [0.15, 0.2) is 10.9 Å². The van der Waals surface area contributed by atoms with Gasteiger partial charge in [-0.25, -0.2) is 4.98 Å². The molecule has 5 rings (SSSR count). The first-order valence-electron chi connectivity index (χ1n) is 10.3. The zero-order valence-electron chi connectivity index (χ0n) is 17.8. The molecule has 0 aliphatic carbocycles. The van der Waals surface area contributed by atoms with E-state index in [0.717, 1.165) is 27.7 Å². The summed E-state index contributed by atoms with van der Waals surface area (Å²) < 4.78 is 1.61. The summed E-state index contributed by atoms with van der Waals surface area (Å²) in [4.78, 5) is 34.5. The number of carbonyl (C=O) groups excluding carboxylic acids is 1. The maximum Gasteiger partial charge on any atom is 0.283 e. The number of benzene rings is 3. The van der Waals surface area contributed by atoms with Crippen molar-refractivity contribution in [1.82, 2.24) is 14.5 Å². The molecule has 0 amide bonds. The van der Waals surface area contributed by atoms with Crippen LogP contribution in [0.4, 0.5) is 0 Å². The summed E-state index contributed by atoms with van der Waals surface area (Å²) in [6.07, 6.45) is 0. The van der Waals surface area contributed by atoms with Gasteiger partial charge in [0, 0.05) is 16.5 Å². The monoisotopic (exact) mass is 439 g/mol. The van der Waals surface area contributed by atoms with Crippen molar-refractivity contribution in [3.8, 4) is 5.69 Å². The number of carbonyl (C=O) groups is 1. The highest BCUT2D eigenvalue weighted by atomic mass is 32.2. The molecule has 0 radical (unpaired) electrons. The van der Waals surface area contributed by atoms with Gasteiger partial charge >= 0.3 is 0 Å². The number of aromatic amines is 1. The van der Waals surface area contributed by atoms with Gasteiger partial charge in [0.2, 0.25) is 0 Å². The molecule has 1 N–H and O–H groups in total. The third-order valence-corrected chi connectivity index (χ3v) is 6.33. The molecule has 0 atom stereocenters. The first kappa shape index (κ1) is 20.3. The zero-order chi connectivity index (χ0) is 22.2. The maximum atomic E-state index is 13.7. The Morgan fingerprint density at radius 1 is 0.969 bits per heavy atom. The molecule has 6 heteroatoms. The first-order chi connectivity index (χ1) is 15.5. The number of aromatic nitrogens is 3. The van der Waals surface area contributed by atoms with Crippen LogP contribution >= 0.6 is 11.8 Å². The molecule has 158 valence electrons. The smallest absolute Gasteiger partial charge is 0.283 e. The third-order valence-electron chi connectivity index (χ3n) is 5.39. The molecule has 0 spiro atoms. The summed E-state index contributed by atoms with van der Waals surface area (Å²) in [5.41, 5.74) is 5.28. The number of nitrogens with one attached hydrogen (secondary N) is 1. The molecule has 0 fully saturated rings. The van der Waals surface area contributed by atoms with Crippen molar-refractivity contribution < 1.29 is 4.79 Å². The first-order valence-corrected chi connectivity index (χ1v) is 11.3. The molecular formula is C26H21N3O2S. The number of aryl methyl sites for hydroxylation is 2. The quantitative estimate of drug-likeness (QED) is 0.224. The molecule has 0 aliphatic rings. The van der Waals surface area contributed by atoms with Crippen LogP contribution in [0.2, 0.25) is 0 Å². The summed E-state index contributed by atoms with van der Waals surface area (Å²) in [7, 11) is 0. The second kappa shape index (κ2) is 8.13. The molecule has 0 aliphatic heterocycles. The van der Waals surface area contributed by atoms with Gasteiger partial charge in [0.25, 0.3) is 5.56 Å². The number of nitrogens with zero attached hydrogens (tertiary/aromatic N) is 2. The second-order valence-electron chi connectivity index (χ2n) is 7.85. The lowest BCUT2D eigenvalue weighted by Gasteiger charge is -2.13. The van der Waals surface area contributed by atoms with Crippen molar-refractivity contribution in [3.05, 3.63) is 99.8 Å². The Hall–Kier alpha value is -3.64. The van der Waals surface area contributed by atoms with E-state index in [9.17, 15) is 9.59 Å².